The lowest BCUT2D eigenvalue weighted by Crippen LogP contribution is -2.68. The van der Waals surface area contributed by atoms with E-state index in [1.165, 1.54) is 25.7 Å². The lowest BCUT2D eigenvalue weighted by molar-refractivity contribution is -0.158. The predicted octanol–water partition coefficient (Wildman–Crippen LogP) is 2.56. The summed E-state index contributed by atoms with van der Waals surface area (Å²) in [5.74, 6) is 1.40. The van der Waals surface area contributed by atoms with Crippen LogP contribution >= 0.6 is 0 Å². The van der Waals surface area contributed by atoms with E-state index in [1.807, 2.05) is 18.2 Å². The molecule has 2 saturated carbocycles. The van der Waals surface area contributed by atoms with Gasteiger partial charge in [-0.1, -0.05) is 6.42 Å². The van der Waals surface area contributed by atoms with E-state index in [9.17, 15) is 5.11 Å². The van der Waals surface area contributed by atoms with Gasteiger partial charge in [0.1, 0.15) is 5.75 Å². The third-order valence-corrected chi connectivity index (χ3v) is 5.81. The van der Waals surface area contributed by atoms with Crippen molar-refractivity contribution >= 4 is 5.69 Å². The van der Waals surface area contributed by atoms with Gasteiger partial charge in [-0.15, -0.1) is 0 Å². The third-order valence-electron chi connectivity index (χ3n) is 5.81. The van der Waals surface area contributed by atoms with Gasteiger partial charge < -0.3 is 19.9 Å². The molecule has 3 atom stereocenters. The molecule has 1 aromatic rings. The second-order valence-electron chi connectivity index (χ2n) is 6.64. The molecule has 4 heteroatoms. The number of rotatable bonds is 4. The van der Waals surface area contributed by atoms with Gasteiger partial charge in [-0.05, 0) is 37.5 Å². The highest BCUT2D eigenvalue weighted by molar-refractivity contribution is 5.53. The van der Waals surface area contributed by atoms with Crippen molar-refractivity contribution in [2.45, 2.75) is 44.4 Å². The number of hydrogen-bond acceptors (Lipinski definition) is 4. The van der Waals surface area contributed by atoms with Gasteiger partial charge in [-0.2, -0.15) is 0 Å². The van der Waals surface area contributed by atoms with Gasteiger partial charge in [-0.3, -0.25) is 0 Å². The summed E-state index contributed by atoms with van der Waals surface area (Å²) in [6.45, 7) is 0.920. The van der Waals surface area contributed by atoms with Crippen molar-refractivity contribution in [3.05, 3.63) is 23.8 Å². The molecule has 1 heterocycles. The lowest BCUT2D eigenvalue weighted by Gasteiger charge is -2.63. The Kier molecular flexibility index (Phi) is 3.12. The molecule has 2 aliphatic carbocycles. The summed E-state index contributed by atoms with van der Waals surface area (Å²) in [4.78, 5) is 0. The Morgan fingerprint density at radius 1 is 1.43 bits per heavy atom. The Morgan fingerprint density at radius 2 is 2.29 bits per heavy atom. The zero-order valence-corrected chi connectivity index (χ0v) is 12.5. The second-order valence-corrected chi connectivity index (χ2v) is 6.64. The number of aliphatic hydroxyl groups excluding tert-OH is 1. The number of ether oxygens (including phenoxy) is 2. The summed E-state index contributed by atoms with van der Waals surface area (Å²) in [7, 11) is 1.64. The smallest absolute Gasteiger partial charge is 0.124 e. The van der Waals surface area contributed by atoms with Crippen molar-refractivity contribution in [1.82, 2.24) is 0 Å². The van der Waals surface area contributed by atoms with Crippen LogP contribution in [0.4, 0.5) is 5.69 Å². The fourth-order valence-electron chi connectivity index (χ4n) is 4.63. The van der Waals surface area contributed by atoms with Crippen LogP contribution in [0.25, 0.3) is 0 Å². The average molecular weight is 289 g/mol. The molecule has 0 bridgehead atoms. The SMILES string of the molecule is COc1ccc(NC2C3CCOC3C23CCC3)cc1CO. The van der Waals surface area contributed by atoms with Crippen LogP contribution in [0.3, 0.4) is 0 Å². The zero-order chi connectivity index (χ0) is 14.4. The molecule has 4 rings (SSSR count). The van der Waals surface area contributed by atoms with Crippen molar-refractivity contribution in [2.75, 3.05) is 19.0 Å². The topological polar surface area (TPSA) is 50.7 Å². The molecule has 0 radical (unpaired) electrons. The monoisotopic (exact) mass is 289 g/mol. The molecule has 1 spiro atoms. The molecule has 2 N–H and O–H groups in total. The van der Waals surface area contributed by atoms with Crippen LogP contribution < -0.4 is 10.1 Å². The zero-order valence-electron chi connectivity index (χ0n) is 12.5. The van der Waals surface area contributed by atoms with Gasteiger partial charge in [0.15, 0.2) is 0 Å². The molecular weight excluding hydrogens is 266 g/mol. The number of methoxy groups -OCH3 is 1. The second kappa shape index (κ2) is 4.89. The number of hydrogen-bond donors (Lipinski definition) is 2. The Morgan fingerprint density at radius 3 is 2.95 bits per heavy atom. The number of anilines is 1. The summed E-state index contributed by atoms with van der Waals surface area (Å²) >= 11 is 0. The summed E-state index contributed by atoms with van der Waals surface area (Å²) in [5.41, 5.74) is 2.30. The molecule has 4 nitrogen and oxygen atoms in total. The summed E-state index contributed by atoms with van der Waals surface area (Å²) in [5, 5.41) is 13.2. The Labute approximate surface area is 125 Å². The molecule has 3 unspecified atom stereocenters. The van der Waals surface area contributed by atoms with Crippen molar-refractivity contribution in [3.63, 3.8) is 0 Å². The molecule has 1 aromatic carbocycles. The van der Waals surface area contributed by atoms with Crippen LogP contribution in [-0.2, 0) is 11.3 Å². The molecule has 114 valence electrons. The molecule has 1 saturated heterocycles. The van der Waals surface area contributed by atoms with E-state index >= 15 is 0 Å². The number of benzene rings is 1. The maximum atomic E-state index is 9.46. The molecule has 0 amide bonds. The third kappa shape index (κ3) is 1.82. The number of fused-ring (bicyclic) bond motifs is 2. The average Bonchev–Trinajstić information content (AvgIpc) is 2.88. The molecule has 3 aliphatic rings. The van der Waals surface area contributed by atoms with Gasteiger partial charge in [-0.25, -0.2) is 0 Å². The molecule has 3 fully saturated rings. The summed E-state index contributed by atoms with van der Waals surface area (Å²) < 4.78 is 11.2. The highest BCUT2D eigenvalue weighted by Crippen LogP contribution is 2.63. The van der Waals surface area contributed by atoms with Crippen LogP contribution in [0.1, 0.15) is 31.2 Å². The first-order chi connectivity index (χ1) is 10.3. The largest absolute Gasteiger partial charge is 0.496 e. The minimum Gasteiger partial charge on any atom is -0.496 e. The lowest BCUT2D eigenvalue weighted by atomic mass is 9.46. The van der Waals surface area contributed by atoms with Crippen molar-refractivity contribution < 1.29 is 14.6 Å². The molecule has 21 heavy (non-hydrogen) atoms. The Balaban J connectivity index is 1.55. The molecular formula is C17H23NO3. The van der Waals surface area contributed by atoms with Crippen LogP contribution in [0.5, 0.6) is 5.75 Å². The Bertz CT molecular complexity index is 541. The minimum atomic E-state index is 0.00364. The van der Waals surface area contributed by atoms with Crippen molar-refractivity contribution in [3.8, 4) is 5.75 Å². The first-order valence-electron chi connectivity index (χ1n) is 7.94. The van der Waals surface area contributed by atoms with E-state index < -0.39 is 0 Å². The van der Waals surface area contributed by atoms with E-state index in [4.69, 9.17) is 9.47 Å². The Hall–Kier alpha value is -1.26. The van der Waals surface area contributed by atoms with Gasteiger partial charge in [0, 0.05) is 35.2 Å². The first kappa shape index (κ1) is 13.4. The van der Waals surface area contributed by atoms with Gasteiger partial charge >= 0.3 is 0 Å². The fraction of sp³-hybridized carbons (Fsp3) is 0.647. The van der Waals surface area contributed by atoms with E-state index in [1.54, 1.807) is 7.11 Å². The maximum Gasteiger partial charge on any atom is 0.124 e. The minimum absolute atomic E-state index is 0.00364. The van der Waals surface area contributed by atoms with Crippen LogP contribution in [-0.4, -0.2) is 31.0 Å². The quantitative estimate of drug-likeness (QED) is 0.894. The predicted molar refractivity (Wildman–Crippen MR) is 80.5 cm³/mol. The van der Waals surface area contributed by atoms with E-state index in [-0.39, 0.29) is 6.61 Å². The highest BCUT2D eigenvalue weighted by atomic mass is 16.5. The summed E-state index contributed by atoms with van der Waals surface area (Å²) in [6.07, 6.45) is 5.56. The normalized spacial score (nSPS) is 32.2. The van der Waals surface area contributed by atoms with Gasteiger partial charge in [0.05, 0.1) is 19.8 Å². The van der Waals surface area contributed by atoms with E-state index in [0.717, 1.165) is 23.6 Å². The molecule has 1 aliphatic heterocycles. The maximum absolute atomic E-state index is 9.46. The molecule has 0 aromatic heterocycles. The van der Waals surface area contributed by atoms with Crippen LogP contribution in [0, 0.1) is 11.3 Å². The van der Waals surface area contributed by atoms with E-state index in [0.29, 0.717) is 23.5 Å². The highest BCUT2D eigenvalue weighted by Gasteiger charge is 2.66. The van der Waals surface area contributed by atoms with Crippen molar-refractivity contribution in [2.24, 2.45) is 11.3 Å². The standard InChI is InChI=1S/C17H23NO3/c1-20-14-4-3-12(9-11(14)10-19)18-15-13-5-8-21-16(13)17(15)6-2-7-17/h3-4,9,13,15-16,18-19H,2,5-8,10H2,1H3. The van der Waals surface area contributed by atoms with Gasteiger partial charge in [0.25, 0.3) is 0 Å². The number of nitrogens with one attached hydrogen (secondary N) is 1. The van der Waals surface area contributed by atoms with Crippen LogP contribution in [0.15, 0.2) is 18.2 Å². The summed E-state index contributed by atoms with van der Waals surface area (Å²) in [6, 6.07) is 6.52. The van der Waals surface area contributed by atoms with E-state index in [2.05, 4.69) is 5.32 Å². The van der Waals surface area contributed by atoms with Crippen LogP contribution in [0.2, 0.25) is 0 Å². The van der Waals surface area contributed by atoms with Gasteiger partial charge in [0.2, 0.25) is 0 Å². The number of aliphatic hydroxyl groups is 1. The first-order valence-corrected chi connectivity index (χ1v) is 7.94. The van der Waals surface area contributed by atoms with Crippen molar-refractivity contribution in [1.29, 1.82) is 0 Å². The fourth-order valence-corrected chi connectivity index (χ4v) is 4.63.